The molecular weight excluding hydrogens is 461 g/mol. The second-order valence-corrected chi connectivity index (χ2v) is 8.93. The van der Waals surface area contributed by atoms with Crippen molar-refractivity contribution < 1.29 is 14.3 Å². The average molecular weight is 484 g/mol. The molecule has 0 fully saturated rings. The Hall–Kier alpha value is -3.35. The van der Waals surface area contributed by atoms with Gasteiger partial charge in [0.25, 0.3) is 5.91 Å². The summed E-state index contributed by atoms with van der Waals surface area (Å²) < 4.78 is 5.23. The van der Waals surface area contributed by atoms with Gasteiger partial charge in [-0.25, -0.2) is 9.78 Å². The Kier molecular flexibility index (Phi) is 7.74. The molecule has 0 unspecified atom stereocenters. The molecule has 0 aliphatic carbocycles. The van der Waals surface area contributed by atoms with Gasteiger partial charge in [0.1, 0.15) is 5.60 Å². The first-order valence-electron chi connectivity index (χ1n) is 10.1. The summed E-state index contributed by atoms with van der Waals surface area (Å²) in [5, 5.41) is 5.72. The predicted molar refractivity (Wildman–Crippen MR) is 134 cm³/mol. The molecule has 0 radical (unpaired) electrons. The lowest BCUT2D eigenvalue weighted by Gasteiger charge is -2.19. The van der Waals surface area contributed by atoms with Crippen LogP contribution in [0.1, 0.15) is 42.3 Å². The molecule has 0 spiro atoms. The van der Waals surface area contributed by atoms with E-state index < -0.39 is 17.6 Å². The van der Waals surface area contributed by atoms with E-state index in [1.807, 2.05) is 42.5 Å². The van der Waals surface area contributed by atoms with Gasteiger partial charge in [-0.2, -0.15) is 0 Å². The van der Waals surface area contributed by atoms with Crippen LogP contribution in [-0.2, 0) is 4.74 Å². The zero-order valence-corrected chi connectivity index (χ0v) is 19.9. The summed E-state index contributed by atoms with van der Waals surface area (Å²) in [6, 6.07) is 16.0. The quantitative estimate of drug-likeness (QED) is 0.403. The number of anilines is 2. The first kappa shape index (κ1) is 24.3. The maximum absolute atomic E-state index is 12.8. The molecule has 1 aromatic heterocycles. The minimum atomic E-state index is -0.651. The molecule has 0 aliphatic rings. The molecule has 33 heavy (non-hydrogen) atoms. The number of nitrogens with one attached hydrogen (secondary N) is 2. The van der Waals surface area contributed by atoms with Crippen LogP contribution in [-0.4, -0.2) is 22.6 Å². The molecule has 170 valence electrons. The number of halogens is 2. The molecule has 1 heterocycles. The van der Waals surface area contributed by atoms with Crippen molar-refractivity contribution in [2.24, 2.45) is 0 Å². The van der Waals surface area contributed by atoms with Gasteiger partial charge in [-0.15, -0.1) is 0 Å². The van der Waals surface area contributed by atoms with E-state index in [0.29, 0.717) is 5.69 Å². The number of aromatic nitrogens is 1. The molecule has 3 aromatic rings. The standard InChI is InChI=1S/C25H23Cl2N3O3/c1-25(2,3)33-24(32)29-18-11-12-20(26)19(14-18)23(31)30-22-21(27)13-17(15-28-22)10-9-16-7-5-4-6-8-16/h4-15H,1-3H3,(H,29,32)(H,28,30,31)/b10-9+. The van der Waals surface area contributed by atoms with Crippen LogP contribution in [0.3, 0.4) is 0 Å². The highest BCUT2D eigenvalue weighted by molar-refractivity contribution is 6.36. The van der Waals surface area contributed by atoms with Crippen molar-refractivity contribution in [3.05, 3.63) is 87.5 Å². The Balaban J connectivity index is 1.71. The molecule has 2 amide bonds. The topological polar surface area (TPSA) is 80.3 Å². The number of pyridine rings is 1. The number of carbonyl (C=O) groups excluding carboxylic acids is 2. The van der Waals surface area contributed by atoms with Crippen LogP contribution >= 0.6 is 23.2 Å². The van der Waals surface area contributed by atoms with E-state index >= 15 is 0 Å². The number of hydrogen-bond donors (Lipinski definition) is 2. The van der Waals surface area contributed by atoms with Crippen molar-refractivity contribution >= 4 is 58.9 Å². The summed E-state index contributed by atoms with van der Waals surface area (Å²) in [5.41, 5.74) is 1.68. The lowest BCUT2D eigenvalue weighted by Crippen LogP contribution is -2.27. The van der Waals surface area contributed by atoms with E-state index in [1.54, 1.807) is 39.1 Å². The van der Waals surface area contributed by atoms with Crippen LogP contribution in [0.2, 0.25) is 10.0 Å². The van der Waals surface area contributed by atoms with Crippen LogP contribution in [0.5, 0.6) is 0 Å². The van der Waals surface area contributed by atoms with Gasteiger partial charge in [-0.3, -0.25) is 10.1 Å². The van der Waals surface area contributed by atoms with Crippen molar-refractivity contribution in [2.75, 3.05) is 10.6 Å². The maximum atomic E-state index is 12.8. The fourth-order valence-electron chi connectivity index (χ4n) is 2.77. The molecular formula is C25H23Cl2N3O3. The Morgan fingerprint density at radius 1 is 0.909 bits per heavy atom. The molecule has 0 saturated heterocycles. The lowest BCUT2D eigenvalue weighted by molar-refractivity contribution is 0.0635. The Morgan fingerprint density at radius 3 is 2.27 bits per heavy atom. The van der Waals surface area contributed by atoms with Gasteiger partial charge in [0, 0.05) is 11.9 Å². The minimum absolute atomic E-state index is 0.149. The molecule has 2 N–H and O–H groups in total. The van der Waals surface area contributed by atoms with Crippen molar-refractivity contribution in [3.8, 4) is 0 Å². The zero-order valence-electron chi connectivity index (χ0n) is 18.4. The minimum Gasteiger partial charge on any atom is -0.444 e. The van der Waals surface area contributed by atoms with Gasteiger partial charge >= 0.3 is 6.09 Å². The average Bonchev–Trinajstić information content (AvgIpc) is 2.74. The zero-order chi connectivity index (χ0) is 24.0. The number of rotatable bonds is 5. The van der Waals surface area contributed by atoms with Gasteiger partial charge in [-0.05, 0) is 56.2 Å². The van der Waals surface area contributed by atoms with Gasteiger partial charge in [0.15, 0.2) is 5.82 Å². The third-order valence-electron chi connectivity index (χ3n) is 4.22. The third-order valence-corrected chi connectivity index (χ3v) is 4.84. The number of amides is 2. The van der Waals surface area contributed by atoms with Crippen LogP contribution in [0.4, 0.5) is 16.3 Å². The number of nitrogens with zero attached hydrogens (tertiary/aromatic N) is 1. The highest BCUT2D eigenvalue weighted by atomic mass is 35.5. The second kappa shape index (κ2) is 10.5. The van der Waals surface area contributed by atoms with Crippen molar-refractivity contribution in [1.82, 2.24) is 4.98 Å². The number of ether oxygens (including phenoxy) is 1. The molecule has 0 atom stereocenters. The van der Waals surface area contributed by atoms with Crippen molar-refractivity contribution in [3.63, 3.8) is 0 Å². The normalized spacial score (nSPS) is 11.3. The maximum Gasteiger partial charge on any atom is 0.412 e. The summed E-state index contributed by atoms with van der Waals surface area (Å²) in [6.45, 7) is 5.27. The Bertz CT molecular complexity index is 1190. The van der Waals surface area contributed by atoms with E-state index in [0.717, 1.165) is 11.1 Å². The smallest absolute Gasteiger partial charge is 0.412 e. The fourth-order valence-corrected chi connectivity index (χ4v) is 3.19. The largest absolute Gasteiger partial charge is 0.444 e. The highest BCUT2D eigenvalue weighted by Gasteiger charge is 2.18. The number of benzene rings is 2. The van der Waals surface area contributed by atoms with Crippen LogP contribution in [0.15, 0.2) is 60.8 Å². The van der Waals surface area contributed by atoms with Gasteiger partial charge in [-0.1, -0.05) is 65.7 Å². The van der Waals surface area contributed by atoms with Crippen LogP contribution < -0.4 is 10.6 Å². The Labute approximate surface area is 202 Å². The molecule has 8 heteroatoms. The summed E-state index contributed by atoms with van der Waals surface area (Å²) in [4.78, 5) is 29.1. The fraction of sp³-hybridized carbons (Fsp3) is 0.160. The van der Waals surface area contributed by atoms with Gasteiger partial charge < -0.3 is 10.1 Å². The molecule has 6 nitrogen and oxygen atoms in total. The first-order chi connectivity index (χ1) is 15.6. The molecule has 2 aromatic carbocycles. The summed E-state index contributed by atoms with van der Waals surface area (Å²) in [6.07, 6.45) is 4.78. The van der Waals surface area contributed by atoms with Crippen molar-refractivity contribution in [2.45, 2.75) is 26.4 Å². The monoisotopic (exact) mass is 483 g/mol. The second-order valence-electron chi connectivity index (χ2n) is 8.12. The van der Waals surface area contributed by atoms with Crippen molar-refractivity contribution in [1.29, 1.82) is 0 Å². The van der Waals surface area contributed by atoms with Gasteiger partial charge in [0.2, 0.25) is 0 Å². The summed E-state index contributed by atoms with van der Waals surface area (Å²) in [7, 11) is 0. The lowest BCUT2D eigenvalue weighted by atomic mass is 10.1. The van der Waals surface area contributed by atoms with Crippen LogP contribution in [0, 0.1) is 0 Å². The van der Waals surface area contributed by atoms with E-state index in [-0.39, 0.29) is 21.4 Å². The van der Waals surface area contributed by atoms with E-state index in [4.69, 9.17) is 27.9 Å². The summed E-state index contributed by atoms with van der Waals surface area (Å²) in [5.74, 6) is -0.324. The third kappa shape index (κ3) is 7.34. The molecule has 0 saturated carbocycles. The van der Waals surface area contributed by atoms with E-state index in [9.17, 15) is 9.59 Å². The molecule has 0 bridgehead atoms. The predicted octanol–water partition coefficient (Wildman–Crippen LogP) is 7.16. The highest BCUT2D eigenvalue weighted by Crippen LogP contribution is 2.25. The Morgan fingerprint density at radius 2 is 1.61 bits per heavy atom. The molecule has 0 aliphatic heterocycles. The first-order valence-corrected chi connectivity index (χ1v) is 10.9. The van der Waals surface area contributed by atoms with Gasteiger partial charge in [0.05, 0.1) is 15.6 Å². The van der Waals surface area contributed by atoms with E-state index in [1.165, 1.54) is 12.1 Å². The number of carbonyl (C=O) groups is 2. The number of hydrogen-bond acceptors (Lipinski definition) is 4. The van der Waals surface area contributed by atoms with Crippen LogP contribution in [0.25, 0.3) is 12.2 Å². The van der Waals surface area contributed by atoms with E-state index in [2.05, 4.69) is 15.6 Å². The SMILES string of the molecule is CC(C)(C)OC(=O)Nc1ccc(Cl)c(C(=O)Nc2ncc(/C=C/c3ccccc3)cc2Cl)c1. The molecule has 3 rings (SSSR count). The summed E-state index contributed by atoms with van der Waals surface area (Å²) >= 11 is 12.5.